The second-order valence-electron chi connectivity index (χ2n) is 5.67. The Kier molecular flexibility index (Phi) is 4.77. The Morgan fingerprint density at radius 1 is 1.37 bits per heavy atom. The van der Waals surface area contributed by atoms with Crippen molar-refractivity contribution in [1.82, 2.24) is 5.32 Å². The highest BCUT2D eigenvalue weighted by Crippen LogP contribution is 2.28. The lowest BCUT2D eigenvalue weighted by Crippen LogP contribution is -2.38. The number of aliphatic hydroxyl groups is 1. The Hall–Kier alpha value is -1.13. The van der Waals surface area contributed by atoms with Gasteiger partial charge in [0.2, 0.25) is 0 Å². The summed E-state index contributed by atoms with van der Waals surface area (Å²) in [6.07, 6.45) is 0.509. The van der Waals surface area contributed by atoms with E-state index in [0.717, 1.165) is 25.2 Å². The van der Waals surface area contributed by atoms with Crippen molar-refractivity contribution in [2.75, 3.05) is 31.1 Å². The van der Waals surface area contributed by atoms with Crippen LogP contribution in [0.25, 0.3) is 0 Å². The molecule has 0 aromatic heterocycles. The van der Waals surface area contributed by atoms with Gasteiger partial charge in [0, 0.05) is 25.3 Å². The average molecular weight is 266 g/mol. The molecule has 106 valence electrons. The van der Waals surface area contributed by atoms with Crippen molar-refractivity contribution in [1.29, 1.82) is 0 Å². The molecule has 0 bridgehead atoms. The van der Waals surface area contributed by atoms with Crippen molar-refractivity contribution < 1.29 is 9.50 Å². The number of benzene rings is 1. The highest BCUT2D eigenvalue weighted by Gasteiger charge is 2.21. The summed E-state index contributed by atoms with van der Waals surface area (Å²) >= 11 is 0. The van der Waals surface area contributed by atoms with Gasteiger partial charge in [-0.2, -0.15) is 0 Å². The first kappa shape index (κ1) is 14.3. The van der Waals surface area contributed by atoms with Crippen LogP contribution in [0, 0.1) is 11.7 Å². The fourth-order valence-electron chi connectivity index (χ4n) is 2.47. The Morgan fingerprint density at radius 3 is 2.89 bits per heavy atom. The number of nitrogens with zero attached hydrogens (tertiary/aromatic N) is 1. The van der Waals surface area contributed by atoms with Crippen LogP contribution in [-0.4, -0.2) is 37.4 Å². The maximum atomic E-state index is 13.3. The fraction of sp³-hybridized carbons (Fsp3) is 0.600. The normalized spacial score (nSPS) is 15.9. The van der Waals surface area contributed by atoms with Gasteiger partial charge in [-0.1, -0.05) is 19.9 Å². The van der Waals surface area contributed by atoms with E-state index in [4.69, 9.17) is 0 Å². The summed E-state index contributed by atoms with van der Waals surface area (Å²) in [4.78, 5) is 2.07. The number of halogens is 1. The smallest absolute Gasteiger partial charge is 0.125 e. The van der Waals surface area contributed by atoms with Crippen LogP contribution < -0.4 is 10.2 Å². The predicted octanol–water partition coefficient (Wildman–Crippen LogP) is 1.79. The molecule has 1 heterocycles. The van der Waals surface area contributed by atoms with Crippen LogP contribution >= 0.6 is 0 Å². The van der Waals surface area contributed by atoms with Crippen molar-refractivity contribution in [3.8, 4) is 0 Å². The highest BCUT2D eigenvalue weighted by molar-refractivity contribution is 5.58. The fourth-order valence-corrected chi connectivity index (χ4v) is 2.47. The second-order valence-corrected chi connectivity index (χ2v) is 5.67. The van der Waals surface area contributed by atoms with Gasteiger partial charge in [-0.05, 0) is 36.6 Å². The third kappa shape index (κ3) is 3.91. The van der Waals surface area contributed by atoms with Gasteiger partial charge in [-0.3, -0.25) is 0 Å². The minimum atomic E-state index is -0.423. The summed E-state index contributed by atoms with van der Waals surface area (Å²) in [6.45, 7) is 7.18. The molecule has 0 spiro atoms. The van der Waals surface area contributed by atoms with E-state index in [2.05, 4.69) is 24.1 Å². The zero-order chi connectivity index (χ0) is 13.8. The van der Waals surface area contributed by atoms with Gasteiger partial charge in [-0.25, -0.2) is 4.39 Å². The van der Waals surface area contributed by atoms with Gasteiger partial charge in [0.1, 0.15) is 5.82 Å². The lowest BCUT2D eigenvalue weighted by Gasteiger charge is -2.23. The molecule has 2 rings (SSSR count). The van der Waals surface area contributed by atoms with Crippen LogP contribution in [0.3, 0.4) is 0 Å². The molecule has 0 aliphatic carbocycles. The monoisotopic (exact) mass is 266 g/mol. The van der Waals surface area contributed by atoms with Crippen molar-refractivity contribution in [2.24, 2.45) is 5.92 Å². The third-order valence-corrected chi connectivity index (χ3v) is 3.40. The van der Waals surface area contributed by atoms with Crippen LogP contribution in [0.15, 0.2) is 18.2 Å². The molecular formula is C15H23FN2O. The van der Waals surface area contributed by atoms with E-state index in [1.165, 1.54) is 11.6 Å². The van der Waals surface area contributed by atoms with Crippen molar-refractivity contribution >= 4 is 5.69 Å². The molecular weight excluding hydrogens is 243 g/mol. The average Bonchev–Trinajstić information content (AvgIpc) is 2.71. The zero-order valence-electron chi connectivity index (χ0n) is 11.7. The molecule has 1 atom stereocenters. The van der Waals surface area contributed by atoms with Crippen LogP contribution in [0.1, 0.15) is 19.4 Å². The summed E-state index contributed by atoms with van der Waals surface area (Å²) in [5, 5.41) is 13.3. The second kappa shape index (κ2) is 6.35. The van der Waals surface area contributed by atoms with E-state index in [1.54, 1.807) is 6.07 Å². The molecule has 1 aromatic carbocycles. The lowest BCUT2D eigenvalue weighted by molar-refractivity contribution is 0.176. The Bertz CT molecular complexity index is 423. The Balaban J connectivity index is 1.86. The molecule has 0 radical (unpaired) electrons. The summed E-state index contributed by atoms with van der Waals surface area (Å²) in [7, 11) is 0. The predicted molar refractivity (Wildman–Crippen MR) is 76.0 cm³/mol. The minimum Gasteiger partial charge on any atom is -0.390 e. The summed E-state index contributed by atoms with van der Waals surface area (Å²) in [5.74, 6) is 0.367. The van der Waals surface area contributed by atoms with Gasteiger partial charge >= 0.3 is 0 Å². The number of hydrogen-bond donors (Lipinski definition) is 2. The Morgan fingerprint density at radius 2 is 2.16 bits per heavy atom. The highest BCUT2D eigenvalue weighted by atomic mass is 19.1. The molecule has 0 saturated heterocycles. The molecule has 19 heavy (non-hydrogen) atoms. The van der Waals surface area contributed by atoms with E-state index in [-0.39, 0.29) is 5.82 Å². The van der Waals surface area contributed by atoms with E-state index in [0.29, 0.717) is 19.0 Å². The van der Waals surface area contributed by atoms with Crippen LogP contribution in [0.2, 0.25) is 0 Å². The molecule has 1 aliphatic heterocycles. The van der Waals surface area contributed by atoms with Crippen LogP contribution in [-0.2, 0) is 6.42 Å². The first-order valence-corrected chi connectivity index (χ1v) is 6.98. The van der Waals surface area contributed by atoms with E-state index >= 15 is 0 Å². The number of β-amino-alcohol motifs (C(OH)–C–C–N with tert-alkyl or cyclic N) is 1. The molecule has 1 aromatic rings. The third-order valence-electron chi connectivity index (χ3n) is 3.40. The van der Waals surface area contributed by atoms with E-state index in [9.17, 15) is 9.50 Å². The summed E-state index contributed by atoms with van der Waals surface area (Å²) < 4.78 is 13.3. The summed E-state index contributed by atoms with van der Waals surface area (Å²) in [6, 6.07) is 4.91. The molecule has 1 aliphatic rings. The zero-order valence-corrected chi connectivity index (χ0v) is 11.7. The molecule has 4 heteroatoms. The van der Waals surface area contributed by atoms with Crippen molar-refractivity contribution in [3.63, 3.8) is 0 Å². The van der Waals surface area contributed by atoms with Crippen molar-refractivity contribution in [2.45, 2.75) is 26.4 Å². The lowest BCUT2D eigenvalue weighted by atomic mass is 10.1. The van der Waals surface area contributed by atoms with Crippen LogP contribution in [0.5, 0.6) is 0 Å². The van der Waals surface area contributed by atoms with E-state index < -0.39 is 6.10 Å². The molecule has 3 nitrogen and oxygen atoms in total. The van der Waals surface area contributed by atoms with Crippen molar-refractivity contribution in [3.05, 3.63) is 29.6 Å². The summed E-state index contributed by atoms with van der Waals surface area (Å²) in [5.41, 5.74) is 2.10. The Labute approximate surface area is 114 Å². The van der Waals surface area contributed by atoms with Gasteiger partial charge in [0.15, 0.2) is 0 Å². The van der Waals surface area contributed by atoms with Gasteiger partial charge in [0.05, 0.1) is 6.10 Å². The van der Waals surface area contributed by atoms with Gasteiger partial charge < -0.3 is 15.3 Å². The standard InChI is InChI=1S/C15H23FN2O/c1-11(2)8-17-9-14(19)10-18-6-5-12-3-4-13(16)7-15(12)18/h3-4,7,11,14,17,19H,5-6,8-10H2,1-2H3. The van der Waals surface area contributed by atoms with E-state index in [1.807, 2.05) is 6.07 Å². The SMILES string of the molecule is CC(C)CNCC(O)CN1CCc2ccc(F)cc21. The number of nitrogens with one attached hydrogen (secondary N) is 1. The topological polar surface area (TPSA) is 35.5 Å². The van der Waals surface area contributed by atoms with Gasteiger partial charge in [-0.15, -0.1) is 0 Å². The molecule has 0 amide bonds. The number of fused-ring (bicyclic) bond motifs is 1. The number of rotatable bonds is 6. The minimum absolute atomic E-state index is 0.210. The molecule has 0 fully saturated rings. The first-order chi connectivity index (χ1) is 9.06. The molecule has 0 saturated carbocycles. The quantitative estimate of drug-likeness (QED) is 0.824. The number of hydrogen-bond acceptors (Lipinski definition) is 3. The molecule has 2 N–H and O–H groups in total. The number of anilines is 1. The first-order valence-electron chi connectivity index (χ1n) is 6.98. The van der Waals surface area contributed by atoms with Crippen LogP contribution in [0.4, 0.5) is 10.1 Å². The largest absolute Gasteiger partial charge is 0.390 e. The maximum Gasteiger partial charge on any atom is 0.125 e. The molecule has 1 unspecified atom stereocenters. The number of aliphatic hydroxyl groups excluding tert-OH is 1. The van der Waals surface area contributed by atoms with Gasteiger partial charge in [0.25, 0.3) is 0 Å². The maximum absolute atomic E-state index is 13.3.